The summed E-state index contributed by atoms with van der Waals surface area (Å²) >= 11 is 0. The molecule has 1 spiro atoms. The number of hydrogen-bond acceptors (Lipinski definition) is 10. The van der Waals surface area contributed by atoms with Gasteiger partial charge in [0.1, 0.15) is 17.8 Å². The monoisotopic (exact) mass is 586 g/mol. The van der Waals surface area contributed by atoms with Gasteiger partial charge in [-0.05, 0) is 55.6 Å². The fourth-order valence-electron chi connectivity index (χ4n) is 8.72. The quantitative estimate of drug-likeness (QED) is 0.226. The van der Waals surface area contributed by atoms with Gasteiger partial charge in [0.05, 0.1) is 25.7 Å². The normalized spacial score (nSPS) is 42.6. The van der Waals surface area contributed by atoms with Crippen LogP contribution in [0.3, 0.4) is 0 Å². The number of carbonyl (C=O) groups excluding carboxylic acids is 3. The largest absolute Gasteiger partial charge is 0.472 e. The minimum atomic E-state index is -1.73. The Kier molecular flexibility index (Phi) is 7.31. The van der Waals surface area contributed by atoms with Crippen LogP contribution in [-0.4, -0.2) is 65.2 Å². The van der Waals surface area contributed by atoms with Crippen LogP contribution in [0.15, 0.2) is 46.8 Å². The Morgan fingerprint density at radius 1 is 1.21 bits per heavy atom. The molecule has 10 heteroatoms. The number of allylic oxidation sites excluding steroid dienone is 1. The zero-order valence-electron chi connectivity index (χ0n) is 25.3. The van der Waals surface area contributed by atoms with Crippen LogP contribution in [0.4, 0.5) is 0 Å². The molecule has 0 amide bonds. The molecule has 2 saturated carbocycles. The first-order valence-electron chi connectivity index (χ1n) is 14.5. The molecule has 2 saturated heterocycles. The van der Waals surface area contributed by atoms with E-state index in [0.717, 1.165) is 0 Å². The third-order valence-electron chi connectivity index (χ3n) is 11.3. The molecule has 4 fully saturated rings. The van der Waals surface area contributed by atoms with Crippen molar-refractivity contribution in [3.8, 4) is 0 Å². The fraction of sp³-hybridized carbons (Fsp3) is 0.656. The standard InChI is InChI=1S/C32H42O10/c1-9-16(2)27(36)40-22-23(34)29(4,5)20(14-21(33)38-8)31(7)19-10-12-30(6)25(18-11-13-39-15-18)41-28(37)24(35)32(30,17(19)3)42-26(22)31/h9,11,13,15,19-20,22-26,34-35H,3,10,12,14H2,1-2,4-8H3/t19-,20+,22+,23+,24+,25+,26-,30-,31+,32+/m0/s1. The first kappa shape index (κ1) is 30.5. The molecule has 3 heterocycles. The van der Waals surface area contributed by atoms with E-state index in [-0.39, 0.29) is 12.3 Å². The average molecular weight is 587 g/mol. The number of fused-ring (bicyclic) bond motifs is 3. The maximum atomic E-state index is 13.4. The molecule has 4 aliphatic rings. The summed E-state index contributed by atoms with van der Waals surface area (Å²) in [6.45, 7) is 15.4. The van der Waals surface area contributed by atoms with Crippen LogP contribution in [-0.2, 0) is 33.3 Å². The minimum absolute atomic E-state index is 0.0260. The fourth-order valence-corrected chi connectivity index (χ4v) is 8.72. The van der Waals surface area contributed by atoms with Gasteiger partial charge in [-0.1, -0.05) is 40.3 Å². The molecule has 10 nitrogen and oxygen atoms in total. The molecular formula is C32H42O10. The summed E-state index contributed by atoms with van der Waals surface area (Å²) in [5.74, 6) is -2.82. The number of methoxy groups -OCH3 is 1. The number of furan rings is 1. The molecule has 2 N–H and O–H groups in total. The molecule has 10 atom stereocenters. The van der Waals surface area contributed by atoms with Crippen molar-refractivity contribution in [3.63, 3.8) is 0 Å². The molecule has 2 aliphatic heterocycles. The van der Waals surface area contributed by atoms with Crippen LogP contribution in [0.25, 0.3) is 0 Å². The smallest absolute Gasteiger partial charge is 0.339 e. The number of ether oxygens (including phenoxy) is 4. The van der Waals surface area contributed by atoms with Crippen molar-refractivity contribution in [1.29, 1.82) is 0 Å². The van der Waals surface area contributed by atoms with Gasteiger partial charge >= 0.3 is 17.9 Å². The second-order valence-electron chi connectivity index (χ2n) is 13.4. The molecule has 0 aromatic carbocycles. The first-order valence-corrected chi connectivity index (χ1v) is 14.5. The number of cyclic esters (lactones) is 1. The Morgan fingerprint density at radius 3 is 2.50 bits per heavy atom. The van der Waals surface area contributed by atoms with Gasteiger partial charge in [0.25, 0.3) is 0 Å². The second-order valence-corrected chi connectivity index (χ2v) is 13.4. The van der Waals surface area contributed by atoms with E-state index in [1.165, 1.54) is 19.6 Å². The van der Waals surface area contributed by atoms with Crippen molar-refractivity contribution in [2.24, 2.45) is 28.1 Å². The molecule has 5 rings (SSSR count). The number of aliphatic hydroxyl groups excluding tert-OH is 2. The highest BCUT2D eigenvalue weighted by molar-refractivity contribution is 5.87. The molecule has 2 aliphatic carbocycles. The van der Waals surface area contributed by atoms with E-state index < -0.39 is 76.2 Å². The highest BCUT2D eigenvalue weighted by atomic mass is 16.6. The Hall–Kier alpha value is -2.95. The average Bonchev–Trinajstić information content (AvgIpc) is 3.48. The summed E-state index contributed by atoms with van der Waals surface area (Å²) in [6.07, 6.45) is -0.404. The molecular weight excluding hydrogens is 544 g/mol. The molecule has 230 valence electrons. The van der Waals surface area contributed by atoms with Crippen molar-refractivity contribution >= 4 is 17.9 Å². The van der Waals surface area contributed by atoms with Crippen LogP contribution in [0, 0.1) is 28.1 Å². The van der Waals surface area contributed by atoms with Gasteiger partial charge in [0, 0.05) is 28.4 Å². The van der Waals surface area contributed by atoms with Gasteiger partial charge in [-0.3, -0.25) is 4.79 Å². The Morgan fingerprint density at radius 2 is 1.90 bits per heavy atom. The van der Waals surface area contributed by atoms with Crippen LogP contribution >= 0.6 is 0 Å². The number of aliphatic hydroxyl groups is 2. The van der Waals surface area contributed by atoms with Crippen LogP contribution in [0.1, 0.15) is 72.5 Å². The van der Waals surface area contributed by atoms with Crippen molar-refractivity contribution in [3.05, 3.63) is 48.0 Å². The number of hydrogen-bond donors (Lipinski definition) is 2. The van der Waals surface area contributed by atoms with Gasteiger partial charge in [-0.15, -0.1) is 0 Å². The van der Waals surface area contributed by atoms with E-state index in [4.69, 9.17) is 23.4 Å². The third kappa shape index (κ3) is 3.84. The summed E-state index contributed by atoms with van der Waals surface area (Å²) in [5, 5.41) is 23.6. The molecule has 0 radical (unpaired) electrons. The van der Waals surface area contributed by atoms with Crippen LogP contribution in [0.5, 0.6) is 0 Å². The molecule has 0 unspecified atom stereocenters. The molecule has 1 aromatic heterocycles. The highest BCUT2D eigenvalue weighted by Gasteiger charge is 2.78. The summed E-state index contributed by atoms with van der Waals surface area (Å²) < 4.78 is 29.3. The van der Waals surface area contributed by atoms with Crippen molar-refractivity contribution in [2.45, 2.75) is 96.9 Å². The van der Waals surface area contributed by atoms with Crippen LogP contribution in [0.2, 0.25) is 0 Å². The maximum Gasteiger partial charge on any atom is 0.339 e. The second kappa shape index (κ2) is 10.1. The molecule has 2 bridgehead atoms. The van der Waals surface area contributed by atoms with E-state index in [9.17, 15) is 24.6 Å². The zero-order valence-corrected chi connectivity index (χ0v) is 25.3. The van der Waals surface area contributed by atoms with Gasteiger partial charge in [0.2, 0.25) is 0 Å². The topological polar surface area (TPSA) is 142 Å². The van der Waals surface area contributed by atoms with Crippen molar-refractivity contribution in [2.75, 3.05) is 7.11 Å². The summed E-state index contributed by atoms with van der Waals surface area (Å²) in [4.78, 5) is 39.3. The first-order chi connectivity index (χ1) is 19.6. The number of esters is 3. The van der Waals surface area contributed by atoms with E-state index in [2.05, 4.69) is 6.58 Å². The summed E-state index contributed by atoms with van der Waals surface area (Å²) in [5.41, 5.74) is -3.02. The summed E-state index contributed by atoms with van der Waals surface area (Å²) in [7, 11) is 1.32. The van der Waals surface area contributed by atoms with Gasteiger partial charge in [-0.25, -0.2) is 9.59 Å². The third-order valence-corrected chi connectivity index (χ3v) is 11.3. The minimum Gasteiger partial charge on any atom is -0.472 e. The predicted molar refractivity (Wildman–Crippen MR) is 148 cm³/mol. The summed E-state index contributed by atoms with van der Waals surface area (Å²) in [6, 6.07) is 1.71. The van der Waals surface area contributed by atoms with E-state index in [1.54, 1.807) is 26.0 Å². The highest BCUT2D eigenvalue weighted by Crippen LogP contribution is 2.72. The van der Waals surface area contributed by atoms with Gasteiger partial charge in [-0.2, -0.15) is 0 Å². The Bertz CT molecular complexity index is 1310. The predicted octanol–water partition coefficient (Wildman–Crippen LogP) is 3.81. The van der Waals surface area contributed by atoms with Crippen molar-refractivity contribution < 1.29 is 48.0 Å². The maximum absolute atomic E-state index is 13.4. The molecule has 42 heavy (non-hydrogen) atoms. The Labute approximate surface area is 246 Å². The van der Waals surface area contributed by atoms with Gasteiger partial charge < -0.3 is 33.6 Å². The lowest BCUT2D eigenvalue weighted by atomic mass is 9.40. The van der Waals surface area contributed by atoms with E-state index in [1.807, 2.05) is 27.7 Å². The van der Waals surface area contributed by atoms with Crippen molar-refractivity contribution in [1.82, 2.24) is 0 Å². The lowest BCUT2D eigenvalue weighted by Crippen LogP contribution is -2.79. The zero-order chi connectivity index (χ0) is 31.0. The number of carbonyl (C=O) groups is 3. The van der Waals surface area contributed by atoms with Crippen LogP contribution < -0.4 is 0 Å². The Balaban J connectivity index is 1.72. The van der Waals surface area contributed by atoms with E-state index >= 15 is 0 Å². The molecule has 1 aromatic rings. The van der Waals surface area contributed by atoms with E-state index in [0.29, 0.717) is 29.6 Å². The SMILES string of the molecule is C=C1[C@@H]2CC[C@@]3(C)[C@@H](c4ccoc4)OC(=O)[C@@H](O)[C@]13O[C@H]1[C@H](OC(=O)C(C)=CC)[C@@H](O)C(C)(C)[C@@H](CC(=O)OC)[C@@]21C. The number of rotatable bonds is 5. The van der Waals surface area contributed by atoms with Gasteiger partial charge in [0.15, 0.2) is 12.2 Å². The lowest BCUT2D eigenvalue weighted by Gasteiger charge is -2.72. The lowest BCUT2D eigenvalue weighted by molar-refractivity contribution is -0.354.